The first-order chi connectivity index (χ1) is 3.72. The highest BCUT2D eigenvalue weighted by atomic mass is 32.1. The molecule has 0 aromatic carbocycles. The largest absolute Gasteiger partial charge is 0.298 e. The fourth-order valence-corrected chi connectivity index (χ4v) is 0.528. The van der Waals surface area contributed by atoms with Gasteiger partial charge in [-0.1, -0.05) is 0 Å². The zero-order chi connectivity index (χ0) is 6.15. The van der Waals surface area contributed by atoms with Gasteiger partial charge >= 0.3 is 0 Å². The Morgan fingerprint density at radius 2 is 2.38 bits per heavy atom. The van der Waals surface area contributed by atoms with Gasteiger partial charge in [-0.2, -0.15) is 4.68 Å². The molecule has 0 spiro atoms. The van der Waals surface area contributed by atoms with Crippen LogP contribution in [-0.2, 0) is 7.05 Å². The van der Waals surface area contributed by atoms with Crippen molar-refractivity contribution in [2.45, 2.75) is 6.92 Å². The van der Waals surface area contributed by atoms with Crippen molar-refractivity contribution in [2.75, 3.05) is 0 Å². The number of tetrazole rings is 1. The summed E-state index contributed by atoms with van der Waals surface area (Å²) >= 11 is 3.92. The Balaban J connectivity index is 3.19. The Hall–Kier alpha value is -0.580. The third-order valence-electron chi connectivity index (χ3n) is 1.01. The summed E-state index contributed by atoms with van der Waals surface area (Å²) in [7, 11) is 1.84. The maximum Gasteiger partial charge on any atom is 0.298 e. The summed E-state index contributed by atoms with van der Waals surface area (Å²) < 4.78 is 3.10. The second kappa shape index (κ2) is 1.74. The highest BCUT2D eigenvalue weighted by molar-refractivity contribution is 7.78. The summed E-state index contributed by atoms with van der Waals surface area (Å²) in [4.78, 5) is 0. The van der Waals surface area contributed by atoms with Crippen LogP contribution in [0, 0.1) is 6.92 Å². The van der Waals surface area contributed by atoms with E-state index in [2.05, 4.69) is 23.1 Å². The average molecular weight is 131 g/mol. The van der Waals surface area contributed by atoms with E-state index in [9.17, 15) is 0 Å². The van der Waals surface area contributed by atoms with E-state index >= 15 is 0 Å². The SMILES string of the molecule is Cc1nnn(S)[n+]1C. The number of hydrogen-bond donors (Lipinski definition) is 1. The molecule has 0 saturated carbocycles. The van der Waals surface area contributed by atoms with Crippen molar-refractivity contribution in [2.24, 2.45) is 7.05 Å². The smallest absolute Gasteiger partial charge is 0.153 e. The van der Waals surface area contributed by atoms with Crippen LogP contribution in [0.5, 0.6) is 0 Å². The Morgan fingerprint density at radius 3 is 2.50 bits per heavy atom. The van der Waals surface area contributed by atoms with Crippen LogP contribution in [0.2, 0.25) is 0 Å². The van der Waals surface area contributed by atoms with Gasteiger partial charge in [0.15, 0.2) is 5.21 Å². The Labute approximate surface area is 52.6 Å². The maximum absolute atomic E-state index is 3.92. The number of rotatable bonds is 0. The van der Waals surface area contributed by atoms with E-state index in [0.29, 0.717) is 0 Å². The van der Waals surface area contributed by atoms with E-state index in [1.54, 1.807) is 4.68 Å². The summed E-state index contributed by atoms with van der Waals surface area (Å²) in [6, 6.07) is 0. The number of aromatic nitrogens is 4. The van der Waals surface area contributed by atoms with E-state index < -0.39 is 0 Å². The molecule has 1 rings (SSSR count). The third-order valence-corrected chi connectivity index (χ3v) is 1.35. The standard InChI is InChI=1S/C3H7N4S/c1-3-4-5-7(8)6(3)2/h1-2H3,(H,5,8)/q+1. The first kappa shape index (κ1) is 5.55. The van der Waals surface area contributed by atoms with Gasteiger partial charge in [-0.15, -0.1) is 0 Å². The normalized spacial score (nSPS) is 9.88. The van der Waals surface area contributed by atoms with Crippen molar-refractivity contribution in [3.63, 3.8) is 0 Å². The van der Waals surface area contributed by atoms with Crippen LogP contribution in [0.3, 0.4) is 0 Å². The van der Waals surface area contributed by atoms with Crippen LogP contribution < -0.4 is 4.68 Å². The fraction of sp³-hybridized carbons (Fsp3) is 0.667. The minimum absolute atomic E-state index is 0.847. The first-order valence-electron chi connectivity index (χ1n) is 2.19. The number of thiol groups is 1. The molecule has 0 unspecified atom stereocenters. The second-order valence-electron chi connectivity index (χ2n) is 1.53. The van der Waals surface area contributed by atoms with Crippen molar-refractivity contribution < 1.29 is 4.68 Å². The molecule has 1 aromatic heterocycles. The van der Waals surface area contributed by atoms with Crippen LogP contribution in [0.15, 0.2) is 0 Å². The molecule has 0 atom stereocenters. The minimum atomic E-state index is 0.847. The molecule has 0 saturated heterocycles. The third kappa shape index (κ3) is 0.686. The van der Waals surface area contributed by atoms with Crippen LogP contribution in [0.25, 0.3) is 0 Å². The summed E-state index contributed by atoms with van der Waals surface area (Å²) in [5.41, 5.74) is 0. The summed E-state index contributed by atoms with van der Waals surface area (Å²) in [6.07, 6.45) is 0. The molecular weight excluding hydrogens is 124 g/mol. The lowest BCUT2D eigenvalue weighted by atomic mass is 10.7. The Bertz CT molecular complexity index is 174. The van der Waals surface area contributed by atoms with E-state index in [-0.39, 0.29) is 0 Å². The van der Waals surface area contributed by atoms with Gasteiger partial charge in [0, 0.05) is 23.9 Å². The van der Waals surface area contributed by atoms with Gasteiger partial charge in [0.05, 0.1) is 7.05 Å². The zero-order valence-corrected chi connectivity index (χ0v) is 5.63. The lowest BCUT2D eigenvalue weighted by molar-refractivity contribution is -0.745. The van der Waals surface area contributed by atoms with Crippen LogP contribution in [-0.4, -0.2) is 14.5 Å². The number of nitrogens with zero attached hydrogens (tertiary/aromatic N) is 4. The molecule has 1 heterocycles. The molecule has 5 heteroatoms. The molecule has 1 aromatic rings. The van der Waals surface area contributed by atoms with Crippen molar-refractivity contribution >= 4 is 12.8 Å². The van der Waals surface area contributed by atoms with Crippen molar-refractivity contribution in [1.82, 2.24) is 14.5 Å². The van der Waals surface area contributed by atoms with Crippen LogP contribution in [0.1, 0.15) is 5.82 Å². The van der Waals surface area contributed by atoms with Crippen LogP contribution in [0.4, 0.5) is 0 Å². The number of aryl methyl sites for hydroxylation is 1. The van der Waals surface area contributed by atoms with Crippen LogP contribution >= 0.6 is 12.8 Å². The van der Waals surface area contributed by atoms with E-state index in [1.807, 2.05) is 14.0 Å². The van der Waals surface area contributed by atoms with Gasteiger partial charge in [0.1, 0.15) is 5.10 Å². The Morgan fingerprint density at radius 1 is 1.75 bits per heavy atom. The second-order valence-corrected chi connectivity index (χ2v) is 1.89. The van der Waals surface area contributed by atoms with E-state index in [4.69, 9.17) is 0 Å². The molecule has 0 aliphatic rings. The molecule has 0 fully saturated rings. The molecule has 4 nitrogen and oxygen atoms in total. The molecule has 0 amide bonds. The molecule has 0 aliphatic carbocycles. The van der Waals surface area contributed by atoms with Gasteiger partial charge in [-0.3, -0.25) is 0 Å². The summed E-state index contributed by atoms with van der Waals surface area (Å²) in [5.74, 6) is 0.847. The quantitative estimate of drug-likeness (QED) is 0.366. The minimum Gasteiger partial charge on any atom is -0.153 e. The summed E-state index contributed by atoms with van der Waals surface area (Å²) in [5, 5.41) is 7.32. The maximum atomic E-state index is 3.92. The molecule has 0 aliphatic heterocycles. The van der Waals surface area contributed by atoms with E-state index in [1.165, 1.54) is 4.20 Å². The first-order valence-corrected chi connectivity index (χ1v) is 2.59. The topological polar surface area (TPSA) is 34.6 Å². The van der Waals surface area contributed by atoms with Crippen molar-refractivity contribution in [1.29, 1.82) is 0 Å². The number of hydrogen-bond acceptors (Lipinski definition) is 3. The predicted octanol–water partition coefficient (Wildman–Crippen LogP) is -0.896. The van der Waals surface area contributed by atoms with Gasteiger partial charge in [-0.05, 0) is 0 Å². The average Bonchev–Trinajstić information content (AvgIpc) is 1.98. The molecular formula is C3H7N4S+. The lowest BCUT2D eigenvalue weighted by Crippen LogP contribution is -2.37. The van der Waals surface area contributed by atoms with Gasteiger partial charge < -0.3 is 0 Å². The van der Waals surface area contributed by atoms with Gasteiger partial charge in [0.2, 0.25) is 0 Å². The molecule has 8 heavy (non-hydrogen) atoms. The van der Waals surface area contributed by atoms with Crippen molar-refractivity contribution in [3.8, 4) is 0 Å². The fourth-order valence-electron chi connectivity index (χ4n) is 0.359. The zero-order valence-electron chi connectivity index (χ0n) is 4.74. The predicted molar refractivity (Wildman–Crippen MR) is 30.3 cm³/mol. The molecule has 44 valence electrons. The highest BCUT2D eigenvalue weighted by Gasteiger charge is 2.06. The van der Waals surface area contributed by atoms with Gasteiger partial charge in [-0.25, -0.2) is 0 Å². The molecule has 0 N–H and O–H groups in total. The Kier molecular flexibility index (Phi) is 1.21. The van der Waals surface area contributed by atoms with Gasteiger partial charge in [0.25, 0.3) is 5.82 Å². The van der Waals surface area contributed by atoms with E-state index in [0.717, 1.165) is 5.82 Å². The molecule has 0 bridgehead atoms. The monoisotopic (exact) mass is 131 g/mol. The molecule has 0 radical (unpaired) electrons. The highest BCUT2D eigenvalue weighted by Crippen LogP contribution is 1.76. The lowest BCUT2D eigenvalue weighted by Gasteiger charge is -1.82. The van der Waals surface area contributed by atoms with Crippen molar-refractivity contribution in [3.05, 3.63) is 5.82 Å². The summed E-state index contributed by atoms with van der Waals surface area (Å²) in [6.45, 7) is 1.86.